The van der Waals surface area contributed by atoms with Gasteiger partial charge in [-0.15, -0.1) is 0 Å². The monoisotopic (exact) mass is 766 g/mol. The number of carbonyl (C=O) groups is 6. The van der Waals surface area contributed by atoms with Crippen LogP contribution in [0.25, 0.3) is 0 Å². The highest BCUT2D eigenvalue weighted by Gasteiger charge is 2.26. The van der Waals surface area contributed by atoms with Gasteiger partial charge >= 0.3 is 23.9 Å². The van der Waals surface area contributed by atoms with E-state index in [0.29, 0.717) is 11.1 Å². The Balaban J connectivity index is 1.87. The molecule has 18 heteroatoms. The Morgan fingerprint density at radius 1 is 0.577 bits per heavy atom. The normalized spacial score (nSPS) is 12.0. The largest absolute Gasteiger partial charge is 0.508 e. The molecule has 0 bridgehead atoms. The number of nitrogens with one attached hydrogen (secondary N) is 2. The molecule has 0 aromatic heterocycles. The number of carbonyl (C=O) groups excluding carboxylic acids is 6. The van der Waals surface area contributed by atoms with E-state index < -0.39 is 47.8 Å². The molecule has 2 aromatic carbocycles. The summed E-state index contributed by atoms with van der Waals surface area (Å²) in [6.45, 7) is -0.914. The maximum atomic E-state index is 12.9. The zero-order valence-electron chi connectivity index (χ0n) is 29.5. The number of aromatic hydroxyl groups is 2. The van der Waals surface area contributed by atoms with Gasteiger partial charge in [-0.25, -0.2) is 9.59 Å². The van der Waals surface area contributed by atoms with Crippen molar-refractivity contribution in [1.82, 2.24) is 20.4 Å². The Morgan fingerprint density at radius 3 is 1.23 bits per heavy atom. The highest BCUT2D eigenvalue weighted by molar-refractivity contribution is 8.76. The molecule has 2 rings (SSSR count). The minimum absolute atomic E-state index is 0.00834. The van der Waals surface area contributed by atoms with Crippen LogP contribution in [0.5, 0.6) is 11.5 Å². The van der Waals surface area contributed by atoms with Crippen LogP contribution in [0.15, 0.2) is 48.5 Å². The second-order valence-corrected chi connectivity index (χ2v) is 14.3. The number of esters is 4. The maximum absolute atomic E-state index is 12.9. The molecule has 0 aliphatic carbocycles. The van der Waals surface area contributed by atoms with Crippen molar-refractivity contribution < 1.29 is 57.9 Å². The molecular formula is C34H46N4O12S2. The van der Waals surface area contributed by atoms with Gasteiger partial charge in [0.2, 0.25) is 11.8 Å². The summed E-state index contributed by atoms with van der Waals surface area (Å²) in [6.07, 6.45) is -0.0735. The fourth-order valence-electron chi connectivity index (χ4n) is 4.08. The maximum Gasteiger partial charge on any atom is 0.329 e. The minimum atomic E-state index is -1.08. The highest BCUT2D eigenvalue weighted by Crippen LogP contribution is 2.24. The Bertz CT molecular complexity index is 1350. The van der Waals surface area contributed by atoms with Gasteiger partial charge in [0.05, 0.1) is 25.9 Å². The number of amides is 2. The van der Waals surface area contributed by atoms with Crippen LogP contribution < -0.4 is 10.6 Å². The fraction of sp³-hybridized carbons (Fsp3) is 0.471. The number of phenolic OH excluding ortho intramolecular Hbond substituents is 2. The summed E-state index contributed by atoms with van der Waals surface area (Å²) < 4.78 is 20.8. The van der Waals surface area contributed by atoms with E-state index in [9.17, 15) is 39.0 Å². The van der Waals surface area contributed by atoms with Gasteiger partial charge in [-0.05, 0) is 63.6 Å². The molecule has 0 saturated carbocycles. The zero-order chi connectivity index (χ0) is 38.5. The average molecular weight is 767 g/mol. The van der Waals surface area contributed by atoms with Crippen LogP contribution in [0.2, 0.25) is 0 Å². The third kappa shape index (κ3) is 19.2. The first-order chi connectivity index (χ1) is 24.7. The molecule has 0 aliphatic rings. The topological polar surface area (TPSA) is 210 Å². The Hall–Kier alpha value is -4.52. The number of likely N-dealkylation sites (N-methyl/N-ethyl adjacent to an activating group) is 2. The predicted octanol–water partition coefficient (Wildman–Crippen LogP) is 0.530. The SMILES string of the molecule is CN(C)CC(=O)NC(CSSCC(NC(=O)CN(C)C)C(=O)OCCOC(=O)Cc1ccc(O)cc1)C(=O)OCCOC(=O)Cc1ccc(O)cc1. The molecule has 2 unspecified atom stereocenters. The van der Waals surface area contributed by atoms with Crippen molar-refractivity contribution in [3.63, 3.8) is 0 Å². The number of phenols is 2. The fourth-order valence-corrected chi connectivity index (χ4v) is 6.38. The summed E-state index contributed by atoms with van der Waals surface area (Å²) >= 11 is 0. The number of hydrogen-bond acceptors (Lipinski definition) is 16. The third-order valence-corrected chi connectivity index (χ3v) is 8.88. The Kier molecular flexibility index (Phi) is 20.0. The molecule has 2 amide bonds. The molecule has 0 aliphatic heterocycles. The van der Waals surface area contributed by atoms with Crippen LogP contribution >= 0.6 is 21.6 Å². The molecule has 0 fully saturated rings. The highest BCUT2D eigenvalue weighted by atomic mass is 33.1. The van der Waals surface area contributed by atoms with Crippen LogP contribution in [0.1, 0.15) is 11.1 Å². The lowest BCUT2D eigenvalue weighted by atomic mass is 10.1. The van der Waals surface area contributed by atoms with Crippen LogP contribution in [0.4, 0.5) is 0 Å². The van der Waals surface area contributed by atoms with Gasteiger partial charge in [0.1, 0.15) is 50.0 Å². The second kappa shape index (κ2) is 23.9. The first-order valence-electron chi connectivity index (χ1n) is 16.0. The van der Waals surface area contributed by atoms with Crippen molar-refractivity contribution in [3.8, 4) is 11.5 Å². The van der Waals surface area contributed by atoms with Crippen LogP contribution in [0, 0.1) is 0 Å². The zero-order valence-corrected chi connectivity index (χ0v) is 31.2. The molecule has 286 valence electrons. The van der Waals surface area contributed by atoms with E-state index in [1.165, 1.54) is 24.3 Å². The van der Waals surface area contributed by atoms with E-state index in [1.54, 1.807) is 62.3 Å². The Morgan fingerprint density at radius 2 is 0.904 bits per heavy atom. The number of nitrogens with zero attached hydrogens (tertiary/aromatic N) is 2. The minimum Gasteiger partial charge on any atom is -0.508 e. The molecule has 0 radical (unpaired) electrons. The van der Waals surface area contributed by atoms with Crippen LogP contribution in [-0.2, 0) is 60.6 Å². The van der Waals surface area contributed by atoms with Crippen molar-refractivity contribution in [1.29, 1.82) is 0 Å². The van der Waals surface area contributed by atoms with Crippen LogP contribution in [0.3, 0.4) is 0 Å². The van der Waals surface area contributed by atoms with Crippen LogP contribution in [-0.4, -0.2) is 147 Å². The van der Waals surface area contributed by atoms with E-state index >= 15 is 0 Å². The first kappa shape index (κ1) is 43.6. The number of hydrogen-bond donors (Lipinski definition) is 4. The summed E-state index contributed by atoms with van der Waals surface area (Å²) in [5.41, 5.74) is 1.27. The van der Waals surface area contributed by atoms with Crippen molar-refractivity contribution >= 4 is 57.3 Å². The molecule has 2 aromatic rings. The van der Waals surface area contributed by atoms with Gasteiger partial charge in [0, 0.05) is 11.5 Å². The predicted molar refractivity (Wildman–Crippen MR) is 193 cm³/mol. The molecule has 4 N–H and O–H groups in total. The summed E-state index contributed by atoms with van der Waals surface area (Å²) in [7, 11) is 9.06. The van der Waals surface area contributed by atoms with Crippen molar-refractivity contribution in [2.24, 2.45) is 0 Å². The summed E-state index contributed by atoms with van der Waals surface area (Å²) in [5.74, 6) is -3.28. The van der Waals surface area contributed by atoms with Gasteiger partial charge in [-0.3, -0.25) is 19.2 Å². The van der Waals surface area contributed by atoms with Crippen molar-refractivity contribution in [2.75, 3.05) is 79.2 Å². The lowest BCUT2D eigenvalue weighted by molar-refractivity contribution is -0.153. The molecule has 52 heavy (non-hydrogen) atoms. The van der Waals surface area contributed by atoms with E-state index in [4.69, 9.17) is 18.9 Å². The van der Waals surface area contributed by atoms with E-state index in [-0.39, 0.29) is 75.4 Å². The second-order valence-electron chi connectivity index (χ2n) is 11.7. The first-order valence-corrected chi connectivity index (χ1v) is 18.5. The lowest BCUT2D eigenvalue weighted by Gasteiger charge is -2.20. The van der Waals surface area contributed by atoms with Crippen molar-refractivity contribution in [3.05, 3.63) is 59.7 Å². The molecule has 2 atom stereocenters. The molecule has 0 spiro atoms. The number of rotatable bonds is 23. The van der Waals surface area contributed by atoms with Gasteiger partial charge < -0.3 is 49.6 Å². The molecule has 0 heterocycles. The van der Waals surface area contributed by atoms with Crippen molar-refractivity contribution in [2.45, 2.75) is 24.9 Å². The summed E-state index contributed by atoms with van der Waals surface area (Å²) in [5, 5.41) is 24.0. The van der Waals surface area contributed by atoms with Gasteiger partial charge in [-0.2, -0.15) is 0 Å². The quantitative estimate of drug-likeness (QED) is 0.0526. The summed E-state index contributed by atoms with van der Waals surface area (Å²) in [4.78, 5) is 78.2. The average Bonchev–Trinajstić information content (AvgIpc) is 3.07. The lowest BCUT2D eigenvalue weighted by Crippen LogP contribution is -2.47. The van der Waals surface area contributed by atoms with E-state index in [0.717, 1.165) is 21.6 Å². The number of benzene rings is 2. The Labute approximate surface area is 310 Å². The van der Waals surface area contributed by atoms with Gasteiger partial charge in [0.25, 0.3) is 0 Å². The molecular weight excluding hydrogens is 721 g/mol. The van der Waals surface area contributed by atoms with Gasteiger partial charge in [-0.1, -0.05) is 45.9 Å². The standard InChI is InChI=1S/C34H46N4O12S2/c1-37(2)19-29(41)35-27(33(45)49-15-13-47-31(43)17-23-5-9-25(39)10-6-23)21-51-52-22-28(36-30(42)20-38(3)4)34(46)50-16-14-48-32(44)18-24-7-11-26(40)12-8-24/h5-12,27-28,39-40H,13-22H2,1-4H3,(H,35,41)(H,36,42). The van der Waals surface area contributed by atoms with Gasteiger partial charge in [0.15, 0.2) is 0 Å². The molecule has 0 saturated heterocycles. The van der Waals surface area contributed by atoms with E-state index in [2.05, 4.69) is 10.6 Å². The summed E-state index contributed by atoms with van der Waals surface area (Å²) in [6, 6.07) is 9.96. The molecule has 16 nitrogen and oxygen atoms in total. The number of ether oxygens (including phenoxy) is 4. The van der Waals surface area contributed by atoms with E-state index in [1.807, 2.05) is 0 Å². The smallest absolute Gasteiger partial charge is 0.329 e. The third-order valence-electron chi connectivity index (χ3n) is 6.46.